The van der Waals surface area contributed by atoms with E-state index in [9.17, 15) is 29.9 Å². The summed E-state index contributed by atoms with van der Waals surface area (Å²) in [6.45, 7) is 7.11. The summed E-state index contributed by atoms with van der Waals surface area (Å²) < 4.78 is 0. The van der Waals surface area contributed by atoms with E-state index >= 15 is 0 Å². The van der Waals surface area contributed by atoms with Crippen LogP contribution in [0.1, 0.15) is 50.7 Å². The molecular weight excluding hydrogens is 510 g/mol. The van der Waals surface area contributed by atoms with Gasteiger partial charge >= 0.3 is 11.9 Å². The topological polar surface area (TPSA) is 133 Å². The predicted molar refractivity (Wildman–Crippen MR) is 145 cm³/mol. The predicted octanol–water partition coefficient (Wildman–Crippen LogP) is 4.55. The van der Waals surface area contributed by atoms with Crippen LogP contribution in [-0.2, 0) is 16.1 Å². The van der Waals surface area contributed by atoms with Crippen molar-refractivity contribution in [2.24, 2.45) is 16.7 Å². The van der Waals surface area contributed by atoms with E-state index < -0.39 is 45.7 Å². The summed E-state index contributed by atoms with van der Waals surface area (Å²) in [6.07, 6.45) is 1.40. The van der Waals surface area contributed by atoms with Crippen molar-refractivity contribution in [2.75, 3.05) is 13.1 Å². The van der Waals surface area contributed by atoms with E-state index in [-0.39, 0.29) is 24.0 Å². The largest absolute Gasteiger partial charge is 0.481 e. The summed E-state index contributed by atoms with van der Waals surface area (Å²) in [5.74, 6) is -3.57. The van der Waals surface area contributed by atoms with Gasteiger partial charge in [0.1, 0.15) is 0 Å². The Hall–Kier alpha value is -3.01. The second kappa shape index (κ2) is 11.4. The van der Waals surface area contributed by atoms with Gasteiger partial charge in [-0.3, -0.25) is 24.6 Å². The van der Waals surface area contributed by atoms with Crippen molar-refractivity contribution in [2.45, 2.75) is 58.2 Å². The number of benzene rings is 2. The zero-order valence-corrected chi connectivity index (χ0v) is 22.7. The smallest absolute Gasteiger partial charge is 0.312 e. The van der Waals surface area contributed by atoms with Crippen LogP contribution in [0.15, 0.2) is 54.6 Å². The number of hydrogen-bond acceptors (Lipinski definition) is 6. The van der Waals surface area contributed by atoms with Crippen molar-refractivity contribution >= 4 is 30.0 Å². The van der Waals surface area contributed by atoms with Crippen LogP contribution in [0, 0.1) is 26.9 Å². The van der Waals surface area contributed by atoms with Crippen molar-refractivity contribution in [1.82, 2.24) is 10.2 Å². The molecule has 2 aromatic carbocycles. The molecule has 0 spiro atoms. The monoisotopic (exact) mass is 545 g/mol. The molecule has 0 amide bonds. The van der Waals surface area contributed by atoms with Gasteiger partial charge in [-0.2, -0.15) is 0 Å². The highest BCUT2D eigenvalue weighted by atomic mass is 35.5. The van der Waals surface area contributed by atoms with Crippen molar-refractivity contribution in [3.05, 3.63) is 75.8 Å². The number of nitrogens with one attached hydrogen (secondary N) is 1. The number of aliphatic carboxylic acids is 2. The minimum atomic E-state index is -1.53. The summed E-state index contributed by atoms with van der Waals surface area (Å²) in [6, 6.07) is 14.7. The summed E-state index contributed by atoms with van der Waals surface area (Å²) in [7, 11) is 0. The van der Waals surface area contributed by atoms with Gasteiger partial charge in [-0.15, -0.1) is 12.4 Å². The number of hydrogen-bond donors (Lipinski definition) is 3. The van der Waals surface area contributed by atoms with Gasteiger partial charge in [-0.1, -0.05) is 42.5 Å². The Morgan fingerprint density at radius 2 is 1.76 bits per heavy atom. The van der Waals surface area contributed by atoms with Crippen LogP contribution in [0.2, 0.25) is 0 Å². The van der Waals surface area contributed by atoms with E-state index in [2.05, 4.69) is 10.2 Å². The van der Waals surface area contributed by atoms with Gasteiger partial charge in [0, 0.05) is 43.2 Å². The van der Waals surface area contributed by atoms with Gasteiger partial charge in [0.05, 0.1) is 15.8 Å². The molecule has 0 aromatic heterocycles. The first kappa shape index (κ1) is 29.5. The van der Waals surface area contributed by atoms with Gasteiger partial charge in [-0.25, -0.2) is 0 Å². The van der Waals surface area contributed by atoms with Crippen molar-refractivity contribution in [1.29, 1.82) is 0 Å². The lowest BCUT2D eigenvalue weighted by Crippen LogP contribution is -2.71. The van der Waals surface area contributed by atoms with E-state index in [1.807, 2.05) is 37.3 Å². The van der Waals surface area contributed by atoms with Crippen LogP contribution in [0.3, 0.4) is 0 Å². The normalized spacial score (nSPS) is 31.7. The second-order valence-electron chi connectivity index (χ2n) is 10.8. The number of carboxylic acid groups (broad SMARTS) is 2. The van der Waals surface area contributed by atoms with Gasteiger partial charge in [0.2, 0.25) is 0 Å². The third-order valence-corrected chi connectivity index (χ3v) is 8.87. The van der Waals surface area contributed by atoms with E-state index in [0.717, 1.165) is 18.5 Å². The minimum Gasteiger partial charge on any atom is -0.481 e. The molecule has 3 N–H and O–H groups in total. The zero-order valence-electron chi connectivity index (χ0n) is 21.9. The molecule has 0 bridgehead atoms. The van der Waals surface area contributed by atoms with E-state index in [4.69, 9.17) is 0 Å². The average Bonchev–Trinajstić information content (AvgIpc) is 2.86. The second-order valence-corrected chi connectivity index (χ2v) is 10.8. The Labute approximate surface area is 228 Å². The highest BCUT2D eigenvalue weighted by Gasteiger charge is 2.67. The molecule has 10 heteroatoms. The lowest BCUT2D eigenvalue weighted by molar-refractivity contribution is -0.385. The Bertz CT molecular complexity index is 1180. The fourth-order valence-electron chi connectivity index (χ4n) is 6.93. The molecule has 0 saturated carbocycles. The lowest BCUT2D eigenvalue weighted by Gasteiger charge is -2.59. The number of carboxylic acids is 2. The number of piperidine rings is 2. The maximum Gasteiger partial charge on any atom is 0.312 e. The number of non-ortho nitro benzene ring substituents is 1. The molecule has 6 atom stereocenters. The first-order chi connectivity index (χ1) is 17.5. The number of likely N-dealkylation sites (tertiary alicyclic amines) is 1. The van der Waals surface area contributed by atoms with Crippen LogP contribution < -0.4 is 5.32 Å². The molecule has 2 heterocycles. The SMILES string of the molecule is CC1NC(C)C(C(=O)O)(C2CCCN(Cc3ccccc3)C2)C(c2cccc([N+](=O)[O-])c2)C1(C)C(=O)O.Cl. The summed E-state index contributed by atoms with van der Waals surface area (Å²) in [5.41, 5.74) is -1.72. The number of rotatable bonds is 7. The van der Waals surface area contributed by atoms with Crippen LogP contribution in [0.5, 0.6) is 0 Å². The fraction of sp³-hybridized carbons (Fsp3) is 0.500. The molecule has 0 aliphatic carbocycles. The molecule has 2 aliphatic heterocycles. The highest BCUT2D eigenvalue weighted by Crippen LogP contribution is 2.60. The van der Waals surface area contributed by atoms with Crippen molar-refractivity contribution < 1.29 is 24.7 Å². The number of carbonyl (C=O) groups is 2. The number of halogens is 1. The van der Waals surface area contributed by atoms with Crippen LogP contribution in [0.25, 0.3) is 0 Å². The molecule has 9 nitrogen and oxygen atoms in total. The lowest BCUT2D eigenvalue weighted by atomic mass is 9.48. The quantitative estimate of drug-likeness (QED) is 0.341. The summed E-state index contributed by atoms with van der Waals surface area (Å²) in [5, 5.41) is 36.5. The molecular formula is C28H36ClN3O6. The van der Waals surface area contributed by atoms with Crippen LogP contribution in [-0.4, -0.2) is 57.1 Å². The number of nitro groups is 1. The average molecular weight is 546 g/mol. The third-order valence-electron chi connectivity index (χ3n) is 8.87. The molecule has 2 aromatic rings. The molecule has 6 unspecified atom stereocenters. The van der Waals surface area contributed by atoms with E-state index in [1.54, 1.807) is 19.9 Å². The Morgan fingerprint density at radius 3 is 2.37 bits per heavy atom. The van der Waals surface area contributed by atoms with Crippen molar-refractivity contribution in [3.63, 3.8) is 0 Å². The molecule has 2 aliphatic rings. The minimum absolute atomic E-state index is 0. The van der Waals surface area contributed by atoms with Crippen LogP contribution >= 0.6 is 12.4 Å². The van der Waals surface area contributed by atoms with Gasteiger partial charge in [0.15, 0.2) is 0 Å². The molecule has 0 radical (unpaired) electrons. The number of nitro benzene ring substituents is 1. The Balaban J connectivity index is 0.00000400. The highest BCUT2D eigenvalue weighted by molar-refractivity contribution is 5.85. The summed E-state index contributed by atoms with van der Waals surface area (Å²) >= 11 is 0. The zero-order chi connectivity index (χ0) is 27.0. The standard InChI is InChI=1S/C28H35N3O6.ClH/c1-18-27(3,25(32)33)24(21-11-7-13-23(15-21)31(36)37)28(26(34)35,19(2)29-18)22-12-8-14-30(17-22)16-20-9-5-4-6-10-20;/h4-7,9-11,13,15,18-19,22,24,29H,8,12,14,16-17H2,1-3H3,(H,32,33)(H,34,35);1H. The van der Waals surface area contributed by atoms with Crippen LogP contribution in [0.4, 0.5) is 5.69 Å². The van der Waals surface area contributed by atoms with Gasteiger partial charge < -0.3 is 15.5 Å². The maximum absolute atomic E-state index is 13.5. The Kier molecular flexibility index (Phi) is 8.86. The maximum atomic E-state index is 13.5. The Morgan fingerprint density at radius 1 is 1.08 bits per heavy atom. The first-order valence-electron chi connectivity index (χ1n) is 12.8. The first-order valence-corrected chi connectivity index (χ1v) is 12.8. The van der Waals surface area contributed by atoms with Crippen molar-refractivity contribution in [3.8, 4) is 0 Å². The molecule has 38 heavy (non-hydrogen) atoms. The van der Waals surface area contributed by atoms with Gasteiger partial charge in [0.25, 0.3) is 5.69 Å². The number of nitrogens with zero attached hydrogens (tertiary/aromatic N) is 2. The fourth-order valence-corrected chi connectivity index (χ4v) is 6.93. The molecule has 2 fully saturated rings. The van der Waals surface area contributed by atoms with E-state index in [1.165, 1.54) is 18.2 Å². The van der Waals surface area contributed by atoms with Gasteiger partial charge in [-0.05, 0) is 57.2 Å². The third kappa shape index (κ3) is 4.90. The molecule has 206 valence electrons. The van der Waals surface area contributed by atoms with E-state index in [0.29, 0.717) is 25.1 Å². The summed E-state index contributed by atoms with van der Waals surface area (Å²) in [4.78, 5) is 39.7. The molecule has 2 saturated heterocycles. The molecule has 4 rings (SSSR count).